The number of hydrogen-bond donors (Lipinski definition) is 1. The summed E-state index contributed by atoms with van der Waals surface area (Å²) in [5.41, 5.74) is 1.53. The molecule has 1 aromatic carbocycles. The molecular weight excluding hydrogens is 348 g/mol. The quantitative estimate of drug-likeness (QED) is 0.699. The van der Waals surface area contributed by atoms with Gasteiger partial charge >= 0.3 is 6.01 Å². The first-order valence-electron chi connectivity index (χ1n) is 8.53. The minimum atomic E-state index is -0.0854. The molecule has 0 fully saturated rings. The second-order valence-corrected chi connectivity index (χ2v) is 7.42. The monoisotopic (exact) mass is 370 g/mol. The zero-order valence-electron chi connectivity index (χ0n) is 15.3. The van der Waals surface area contributed by atoms with Gasteiger partial charge in [0.25, 0.3) is 0 Å². The van der Waals surface area contributed by atoms with Gasteiger partial charge < -0.3 is 10.1 Å². The van der Waals surface area contributed by atoms with Gasteiger partial charge in [0.15, 0.2) is 5.82 Å². The van der Waals surface area contributed by atoms with Crippen molar-refractivity contribution in [2.24, 2.45) is 5.92 Å². The molecule has 3 rings (SSSR count). The minimum absolute atomic E-state index is 0.0151. The number of nitrogens with one attached hydrogen (secondary N) is 1. The Balaban J connectivity index is 2.00. The number of aromatic nitrogens is 3. The van der Waals surface area contributed by atoms with Gasteiger partial charge in [-0.25, -0.2) is 4.68 Å². The van der Waals surface area contributed by atoms with Crippen molar-refractivity contribution in [3.8, 4) is 22.4 Å². The van der Waals surface area contributed by atoms with Gasteiger partial charge in [-0.15, -0.1) is 16.4 Å². The molecule has 0 atom stereocenters. The Hall–Kier alpha value is -2.67. The van der Waals surface area contributed by atoms with Crippen LogP contribution in [0.25, 0.3) is 16.4 Å². The molecule has 3 aromatic rings. The van der Waals surface area contributed by atoms with Crippen molar-refractivity contribution in [3.05, 3.63) is 41.8 Å². The number of hydrogen-bond acceptors (Lipinski definition) is 5. The third-order valence-corrected chi connectivity index (χ3v) is 4.42. The molecule has 0 saturated carbocycles. The number of amides is 1. The Labute approximate surface area is 156 Å². The van der Waals surface area contributed by atoms with Crippen molar-refractivity contribution in [1.29, 1.82) is 0 Å². The molecule has 0 unspecified atom stereocenters. The van der Waals surface area contributed by atoms with Crippen LogP contribution in [0.1, 0.15) is 27.7 Å². The van der Waals surface area contributed by atoms with Crippen LogP contribution in [0.15, 0.2) is 41.8 Å². The smallest absolute Gasteiger partial charge is 0.336 e. The van der Waals surface area contributed by atoms with Crippen LogP contribution in [0.4, 0.5) is 5.69 Å². The lowest BCUT2D eigenvalue weighted by Crippen LogP contribution is -2.17. The molecule has 0 saturated heterocycles. The maximum Gasteiger partial charge on any atom is 0.336 e. The Morgan fingerprint density at radius 1 is 1.19 bits per heavy atom. The minimum Gasteiger partial charge on any atom is -0.460 e. The number of benzene rings is 1. The van der Waals surface area contributed by atoms with E-state index >= 15 is 0 Å². The van der Waals surface area contributed by atoms with Crippen molar-refractivity contribution in [1.82, 2.24) is 14.8 Å². The SMILES string of the molecule is CC(C)Oc1nc(-c2cccs2)n(-c2cccc(NC(=O)C(C)C)c2)n1. The van der Waals surface area contributed by atoms with Crippen molar-refractivity contribution in [2.75, 3.05) is 5.32 Å². The van der Waals surface area contributed by atoms with Crippen LogP contribution >= 0.6 is 11.3 Å². The van der Waals surface area contributed by atoms with Gasteiger partial charge in [-0.05, 0) is 43.5 Å². The summed E-state index contributed by atoms with van der Waals surface area (Å²) in [4.78, 5) is 17.5. The van der Waals surface area contributed by atoms with Crippen molar-refractivity contribution in [2.45, 2.75) is 33.8 Å². The summed E-state index contributed by atoms with van der Waals surface area (Å²) in [5, 5.41) is 9.42. The van der Waals surface area contributed by atoms with Gasteiger partial charge in [0.2, 0.25) is 5.91 Å². The van der Waals surface area contributed by atoms with Crippen LogP contribution < -0.4 is 10.1 Å². The fourth-order valence-corrected chi connectivity index (χ4v) is 3.00. The molecule has 0 aliphatic carbocycles. The molecule has 1 amide bonds. The highest BCUT2D eigenvalue weighted by Gasteiger charge is 2.17. The van der Waals surface area contributed by atoms with E-state index in [1.54, 1.807) is 16.0 Å². The highest BCUT2D eigenvalue weighted by molar-refractivity contribution is 7.13. The van der Waals surface area contributed by atoms with Gasteiger partial charge in [0.1, 0.15) is 0 Å². The van der Waals surface area contributed by atoms with Crippen LogP contribution in [0.2, 0.25) is 0 Å². The summed E-state index contributed by atoms with van der Waals surface area (Å²) in [6.07, 6.45) is -0.0151. The molecule has 136 valence electrons. The standard InChI is InChI=1S/C19H22N4O2S/c1-12(2)18(24)20-14-7-5-8-15(11-14)23-17(16-9-6-10-26-16)21-19(22-23)25-13(3)4/h5-13H,1-4H3,(H,20,24). The predicted octanol–water partition coefficient (Wildman–Crippen LogP) is 4.38. The highest BCUT2D eigenvalue weighted by Crippen LogP contribution is 2.28. The largest absolute Gasteiger partial charge is 0.460 e. The van der Waals surface area contributed by atoms with E-state index in [0.29, 0.717) is 11.8 Å². The summed E-state index contributed by atoms with van der Waals surface area (Å²) in [6.45, 7) is 7.60. The first-order chi connectivity index (χ1) is 12.4. The van der Waals surface area contributed by atoms with Gasteiger partial charge in [0.05, 0.1) is 16.7 Å². The lowest BCUT2D eigenvalue weighted by atomic mass is 10.2. The lowest BCUT2D eigenvalue weighted by Gasteiger charge is -2.10. The summed E-state index contributed by atoms with van der Waals surface area (Å²) in [7, 11) is 0. The van der Waals surface area contributed by atoms with Crippen LogP contribution in [0.5, 0.6) is 6.01 Å². The van der Waals surface area contributed by atoms with Crippen LogP contribution in [-0.2, 0) is 4.79 Å². The van der Waals surface area contributed by atoms with Crippen molar-refractivity contribution in [3.63, 3.8) is 0 Å². The Bertz CT molecular complexity index is 885. The van der Waals surface area contributed by atoms with E-state index in [2.05, 4.69) is 15.4 Å². The summed E-state index contributed by atoms with van der Waals surface area (Å²) in [6, 6.07) is 11.8. The molecule has 0 aliphatic heterocycles. The number of nitrogens with zero attached hydrogens (tertiary/aromatic N) is 3. The fourth-order valence-electron chi connectivity index (χ4n) is 2.30. The lowest BCUT2D eigenvalue weighted by molar-refractivity contribution is -0.118. The van der Waals surface area contributed by atoms with Gasteiger partial charge in [-0.2, -0.15) is 4.98 Å². The van der Waals surface area contributed by atoms with E-state index in [0.717, 1.165) is 16.3 Å². The second-order valence-electron chi connectivity index (χ2n) is 6.47. The zero-order valence-corrected chi connectivity index (χ0v) is 16.1. The number of carbonyl (C=O) groups is 1. The summed E-state index contributed by atoms with van der Waals surface area (Å²) < 4.78 is 7.42. The number of rotatable bonds is 6. The average molecular weight is 370 g/mol. The molecule has 6 nitrogen and oxygen atoms in total. The topological polar surface area (TPSA) is 69.0 Å². The average Bonchev–Trinajstić information content (AvgIpc) is 3.23. The van der Waals surface area contributed by atoms with Crippen LogP contribution in [0.3, 0.4) is 0 Å². The number of thiophene rings is 1. The van der Waals surface area contributed by atoms with Crippen LogP contribution in [-0.4, -0.2) is 26.8 Å². The summed E-state index contributed by atoms with van der Waals surface area (Å²) in [5.74, 6) is 0.601. The van der Waals surface area contributed by atoms with Gasteiger partial charge in [-0.1, -0.05) is 26.0 Å². The second kappa shape index (κ2) is 7.70. The number of carbonyl (C=O) groups excluding carboxylic acids is 1. The van der Waals surface area contributed by atoms with Gasteiger partial charge in [-0.3, -0.25) is 4.79 Å². The first-order valence-corrected chi connectivity index (χ1v) is 9.41. The predicted molar refractivity (Wildman–Crippen MR) is 104 cm³/mol. The number of ether oxygens (including phenoxy) is 1. The fraction of sp³-hybridized carbons (Fsp3) is 0.316. The molecular formula is C19H22N4O2S. The Kier molecular flexibility index (Phi) is 5.37. The van der Waals surface area contributed by atoms with E-state index in [4.69, 9.17) is 4.74 Å². The van der Waals surface area contributed by atoms with Crippen molar-refractivity contribution >= 4 is 22.9 Å². The molecule has 1 N–H and O–H groups in total. The molecule has 0 spiro atoms. The van der Waals surface area contributed by atoms with E-state index in [1.165, 1.54) is 0 Å². The normalized spacial score (nSPS) is 11.2. The maximum absolute atomic E-state index is 12.0. The van der Waals surface area contributed by atoms with E-state index in [9.17, 15) is 4.79 Å². The number of anilines is 1. The molecule has 0 bridgehead atoms. The molecule has 7 heteroatoms. The Morgan fingerprint density at radius 3 is 2.65 bits per heavy atom. The third kappa shape index (κ3) is 4.11. The molecule has 0 aliphatic rings. The summed E-state index contributed by atoms with van der Waals surface area (Å²) >= 11 is 1.59. The molecule has 26 heavy (non-hydrogen) atoms. The molecule has 2 aromatic heterocycles. The zero-order chi connectivity index (χ0) is 18.7. The first kappa shape index (κ1) is 18.1. The maximum atomic E-state index is 12.0. The van der Waals surface area contributed by atoms with Gasteiger partial charge in [0, 0.05) is 11.6 Å². The third-order valence-electron chi connectivity index (χ3n) is 3.55. The highest BCUT2D eigenvalue weighted by atomic mass is 32.1. The van der Waals surface area contributed by atoms with Crippen molar-refractivity contribution < 1.29 is 9.53 Å². The van der Waals surface area contributed by atoms with Crippen LogP contribution in [0, 0.1) is 5.92 Å². The Morgan fingerprint density at radius 2 is 2.00 bits per heavy atom. The van der Waals surface area contributed by atoms with E-state index in [1.807, 2.05) is 69.5 Å². The molecule has 0 radical (unpaired) electrons. The molecule has 2 heterocycles. The van der Waals surface area contributed by atoms with E-state index in [-0.39, 0.29) is 17.9 Å². The van der Waals surface area contributed by atoms with E-state index < -0.39 is 0 Å².